The van der Waals surface area contributed by atoms with Gasteiger partial charge in [-0.25, -0.2) is 13.1 Å². The van der Waals surface area contributed by atoms with Crippen molar-refractivity contribution in [3.63, 3.8) is 0 Å². The third kappa shape index (κ3) is 8.36. The van der Waals surface area contributed by atoms with Crippen molar-refractivity contribution in [3.05, 3.63) is 35.4 Å². The summed E-state index contributed by atoms with van der Waals surface area (Å²) in [6.45, 7) is 8.92. The molecule has 0 aliphatic carbocycles. The number of guanidine groups is 1. The van der Waals surface area contributed by atoms with Gasteiger partial charge in [-0.3, -0.25) is 4.99 Å². The highest BCUT2D eigenvalue weighted by Gasteiger charge is 2.09. The van der Waals surface area contributed by atoms with Crippen LogP contribution in [0, 0.1) is 5.92 Å². The van der Waals surface area contributed by atoms with E-state index < -0.39 is 10.0 Å². The monoisotopic (exact) mass is 368 g/mol. The number of benzene rings is 1. The van der Waals surface area contributed by atoms with Crippen LogP contribution in [0.25, 0.3) is 0 Å². The molecule has 7 heteroatoms. The molecule has 0 bridgehead atoms. The standard InChI is InChI=1S/C18H32N4O2S/c1-6-25(23,24)21-12-11-20-18(19-5)22-15(4)17-9-7-16(8-10-17)13-14(2)3/h7-10,14-15,21H,6,11-13H2,1-5H3,(H2,19,20,22). The number of nitrogens with one attached hydrogen (secondary N) is 3. The van der Waals surface area contributed by atoms with Gasteiger partial charge in [-0.05, 0) is 37.3 Å². The van der Waals surface area contributed by atoms with Crippen LogP contribution in [0.2, 0.25) is 0 Å². The van der Waals surface area contributed by atoms with E-state index in [1.807, 2.05) is 0 Å². The SMILES string of the molecule is CCS(=O)(=O)NCCNC(=NC)NC(C)c1ccc(CC(C)C)cc1. The lowest BCUT2D eigenvalue weighted by atomic mass is 10.00. The maximum Gasteiger partial charge on any atom is 0.211 e. The second-order valence-electron chi connectivity index (χ2n) is 6.50. The smallest absolute Gasteiger partial charge is 0.211 e. The van der Waals surface area contributed by atoms with Gasteiger partial charge in [0.1, 0.15) is 0 Å². The van der Waals surface area contributed by atoms with E-state index in [0.29, 0.717) is 25.0 Å². The Kier molecular flexibility index (Phi) is 8.92. The summed E-state index contributed by atoms with van der Waals surface area (Å²) < 4.78 is 25.3. The Balaban J connectivity index is 2.49. The Hall–Kier alpha value is -1.60. The summed E-state index contributed by atoms with van der Waals surface area (Å²) in [7, 11) is -1.45. The highest BCUT2D eigenvalue weighted by Crippen LogP contribution is 2.15. The van der Waals surface area contributed by atoms with Crippen molar-refractivity contribution in [2.24, 2.45) is 10.9 Å². The quantitative estimate of drug-likeness (QED) is 0.354. The molecule has 1 atom stereocenters. The first-order chi connectivity index (χ1) is 11.8. The van der Waals surface area contributed by atoms with Crippen molar-refractivity contribution in [2.45, 2.75) is 40.2 Å². The van der Waals surface area contributed by atoms with Gasteiger partial charge >= 0.3 is 0 Å². The minimum atomic E-state index is -3.15. The number of hydrogen-bond acceptors (Lipinski definition) is 3. The van der Waals surface area contributed by atoms with Gasteiger partial charge in [0, 0.05) is 20.1 Å². The van der Waals surface area contributed by atoms with Gasteiger partial charge in [-0.15, -0.1) is 0 Å². The van der Waals surface area contributed by atoms with Gasteiger partial charge in [0.05, 0.1) is 11.8 Å². The zero-order valence-electron chi connectivity index (χ0n) is 16.0. The van der Waals surface area contributed by atoms with E-state index in [0.717, 1.165) is 6.42 Å². The lowest BCUT2D eigenvalue weighted by Crippen LogP contribution is -2.42. The molecular formula is C18H32N4O2S. The Bertz CT molecular complexity index is 640. The van der Waals surface area contributed by atoms with Crippen molar-refractivity contribution in [3.8, 4) is 0 Å². The van der Waals surface area contributed by atoms with E-state index in [1.54, 1.807) is 14.0 Å². The van der Waals surface area contributed by atoms with Crippen LogP contribution in [0.5, 0.6) is 0 Å². The van der Waals surface area contributed by atoms with Gasteiger partial charge in [0.15, 0.2) is 5.96 Å². The number of nitrogens with zero attached hydrogens (tertiary/aromatic N) is 1. The molecule has 25 heavy (non-hydrogen) atoms. The van der Waals surface area contributed by atoms with Crippen LogP contribution in [0.1, 0.15) is 44.9 Å². The fraction of sp³-hybridized carbons (Fsp3) is 0.611. The normalized spacial score (nSPS) is 13.8. The van der Waals surface area contributed by atoms with Crippen LogP contribution in [-0.4, -0.2) is 40.3 Å². The minimum Gasteiger partial charge on any atom is -0.355 e. The Morgan fingerprint density at radius 2 is 1.76 bits per heavy atom. The summed E-state index contributed by atoms with van der Waals surface area (Å²) in [5.74, 6) is 1.38. The average Bonchev–Trinajstić information content (AvgIpc) is 2.57. The van der Waals surface area contributed by atoms with Crippen molar-refractivity contribution in [1.82, 2.24) is 15.4 Å². The summed E-state index contributed by atoms with van der Waals surface area (Å²) >= 11 is 0. The van der Waals surface area contributed by atoms with E-state index in [-0.39, 0.29) is 11.8 Å². The molecule has 0 fully saturated rings. The van der Waals surface area contributed by atoms with Crippen LogP contribution in [0.15, 0.2) is 29.3 Å². The number of aliphatic imine (C=N–C) groups is 1. The highest BCUT2D eigenvalue weighted by molar-refractivity contribution is 7.89. The predicted octanol–water partition coefficient (Wildman–Crippen LogP) is 2.05. The number of sulfonamides is 1. The molecule has 0 saturated heterocycles. The zero-order valence-corrected chi connectivity index (χ0v) is 16.8. The summed E-state index contributed by atoms with van der Waals surface area (Å²) in [4.78, 5) is 4.18. The molecule has 0 aliphatic heterocycles. The molecule has 1 aromatic rings. The predicted molar refractivity (Wildman–Crippen MR) is 105 cm³/mol. The Labute approximate surface area is 152 Å². The lowest BCUT2D eigenvalue weighted by molar-refractivity contribution is 0.581. The molecule has 1 unspecified atom stereocenters. The maximum absolute atomic E-state index is 11.4. The summed E-state index contributed by atoms with van der Waals surface area (Å²) in [6, 6.07) is 8.72. The van der Waals surface area contributed by atoms with Crippen LogP contribution >= 0.6 is 0 Å². The third-order valence-corrected chi connectivity index (χ3v) is 5.22. The molecule has 6 nitrogen and oxygen atoms in total. The average molecular weight is 369 g/mol. The second-order valence-corrected chi connectivity index (χ2v) is 8.60. The lowest BCUT2D eigenvalue weighted by Gasteiger charge is -2.19. The molecule has 0 aromatic heterocycles. The molecule has 1 aromatic carbocycles. The van der Waals surface area contributed by atoms with Crippen molar-refractivity contribution in [1.29, 1.82) is 0 Å². The number of hydrogen-bond donors (Lipinski definition) is 3. The molecule has 0 aliphatic rings. The zero-order chi connectivity index (χ0) is 18.9. The molecule has 0 radical (unpaired) electrons. The van der Waals surface area contributed by atoms with E-state index in [1.165, 1.54) is 11.1 Å². The summed E-state index contributed by atoms with van der Waals surface area (Å²) in [6.07, 6.45) is 1.08. The fourth-order valence-electron chi connectivity index (χ4n) is 2.39. The molecule has 3 N–H and O–H groups in total. The number of rotatable bonds is 9. The first kappa shape index (κ1) is 21.4. The topological polar surface area (TPSA) is 82.6 Å². The van der Waals surface area contributed by atoms with Crippen molar-refractivity contribution in [2.75, 3.05) is 25.9 Å². The maximum atomic E-state index is 11.4. The van der Waals surface area contributed by atoms with Crippen LogP contribution in [0.4, 0.5) is 0 Å². The van der Waals surface area contributed by atoms with E-state index >= 15 is 0 Å². The third-order valence-electron chi connectivity index (χ3n) is 3.82. The molecule has 142 valence electrons. The second kappa shape index (κ2) is 10.4. The van der Waals surface area contributed by atoms with E-state index in [4.69, 9.17) is 0 Å². The molecule has 0 heterocycles. The van der Waals surface area contributed by atoms with Crippen molar-refractivity contribution >= 4 is 16.0 Å². The largest absolute Gasteiger partial charge is 0.355 e. The van der Waals surface area contributed by atoms with Crippen molar-refractivity contribution < 1.29 is 8.42 Å². The van der Waals surface area contributed by atoms with Gasteiger partial charge < -0.3 is 10.6 Å². The summed E-state index contributed by atoms with van der Waals surface area (Å²) in [5.41, 5.74) is 2.53. The molecular weight excluding hydrogens is 336 g/mol. The molecule has 1 rings (SSSR count). The molecule has 0 saturated carbocycles. The Morgan fingerprint density at radius 1 is 1.12 bits per heavy atom. The van der Waals surface area contributed by atoms with Crippen LogP contribution in [-0.2, 0) is 16.4 Å². The van der Waals surface area contributed by atoms with Crippen LogP contribution in [0.3, 0.4) is 0 Å². The highest BCUT2D eigenvalue weighted by atomic mass is 32.2. The van der Waals surface area contributed by atoms with Gasteiger partial charge in [0.2, 0.25) is 10.0 Å². The Morgan fingerprint density at radius 3 is 2.28 bits per heavy atom. The van der Waals surface area contributed by atoms with Gasteiger partial charge in [0.25, 0.3) is 0 Å². The fourth-order valence-corrected chi connectivity index (χ4v) is 3.00. The van der Waals surface area contributed by atoms with E-state index in [9.17, 15) is 8.42 Å². The first-order valence-corrected chi connectivity index (χ1v) is 10.5. The van der Waals surface area contributed by atoms with Crippen LogP contribution < -0.4 is 15.4 Å². The minimum absolute atomic E-state index is 0.0871. The first-order valence-electron chi connectivity index (χ1n) is 8.80. The molecule has 0 amide bonds. The summed E-state index contributed by atoms with van der Waals surface area (Å²) in [5, 5.41) is 6.43. The van der Waals surface area contributed by atoms with E-state index in [2.05, 4.69) is 65.4 Å². The van der Waals surface area contributed by atoms with Gasteiger partial charge in [-0.1, -0.05) is 38.1 Å². The van der Waals surface area contributed by atoms with Gasteiger partial charge in [-0.2, -0.15) is 0 Å². The molecule has 0 spiro atoms.